The summed E-state index contributed by atoms with van der Waals surface area (Å²) in [6, 6.07) is 9.89. The lowest BCUT2D eigenvalue weighted by Gasteiger charge is -2.22. The summed E-state index contributed by atoms with van der Waals surface area (Å²) in [4.78, 5) is 16.1. The fraction of sp³-hybridized carbons (Fsp3) is 0.125. The molecule has 1 N–H and O–H groups in total. The summed E-state index contributed by atoms with van der Waals surface area (Å²) >= 11 is 11.5. The van der Waals surface area contributed by atoms with Crippen LogP contribution < -0.4 is 9.47 Å². The number of alkyl halides is 1. The van der Waals surface area contributed by atoms with E-state index in [-0.39, 0.29) is 16.6 Å². The number of benzene rings is 1. The van der Waals surface area contributed by atoms with Gasteiger partial charge in [0, 0.05) is 17.5 Å². The summed E-state index contributed by atoms with van der Waals surface area (Å²) in [6.45, 7) is 0. The second-order valence-corrected chi connectivity index (χ2v) is 5.42. The van der Waals surface area contributed by atoms with Crippen LogP contribution in [0.4, 0.5) is 0 Å². The van der Waals surface area contributed by atoms with Crippen LogP contribution in [0.2, 0.25) is 5.15 Å². The normalized spacial score (nSPS) is 16.1. The largest absolute Gasteiger partial charge is 0.460 e. The minimum absolute atomic E-state index is 0.0361. The number of ether oxygens (including phenoxy) is 2. The highest BCUT2D eigenvalue weighted by atomic mass is 35.5. The Morgan fingerprint density at radius 1 is 1.35 bits per heavy atom. The van der Waals surface area contributed by atoms with Gasteiger partial charge < -0.3 is 14.6 Å². The fourth-order valence-corrected chi connectivity index (χ4v) is 2.41. The van der Waals surface area contributed by atoms with Gasteiger partial charge in [0.15, 0.2) is 0 Å². The standard InChI is InChI=1S/C16H11Cl2NO4/c17-8-9-4-5-12-10(6-9)7-11(15(20)22-12)16(21)23-14-3-1-2-13(18)19-14/h1-7,15,20H,8H2. The van der Waals surface area contributed by atoms with Crippen molar-refractivity contribution in [2.75, 3.05) is 0 Å². The number of hydrogen-bond donors (Lipinski definition) is 1. The molecule has 2 heterocycles. The Hall–Kier alpha value is -2.08. The van der Waals surface area contributed by atoms with Gasteiger partial charge in [-0.05, 0) is 29.8 Å². The Bertz CT molecular complexity index is 791. The number of esters is 1. The molecule has 1 aliphatic rings. The molecule has 0 saturated heterocycles. The molecule has 0 bridgehead atoms. The van der Waals surface area contributed by atoms with Crippen LogP contribution in [-0.4, -0.2) is 22.3 Å². The first-order valence-electron chi connectivity index (χ1n) is 6.67. The summed E-state index contributed by atoms with van der Waals surface area (Å²) in [5.74, 6) is 0.0597. The molecule has 1 aromatic heterocycles. The van der Waals surface area contributed by atoms with Gasteiger partial charge in [-0.25, -0.2) is 9.78 Å². The number of fused-ring (bicyclic) bond motifs is 1. The minimum Gasteiger partial charge on any atom is -0.460 e. The molecule has 118 valence electrons. The Morgan fingerprint density at radius 3 is 2.91 bits per heavy atom. The molecule has 0 amide bonds. The summed E-state index contributed by atoms with van der Waals surface area (Å²) in [7, 11) is 0. The molecule has 0 fully saturated rings. The maximum Gasteiger partial charge on any atom is 0.347 e. The van der Waals surface area contributed by atoms with Crippen molar-refractivity contribution in [1.29, 1.82) is 0 Å². The van der Waals surface area contributed by atoms with Crippen LogP contribution in [0.25, 0.3) is 6.08 Å². The van der Waals surface area contributed by atoms with Gasteiger partial charge in [-0.3, -0.25) is 0 Å². The van der Waals surface area contributed by atoms with Gasteiger partial charge in [0.1, 0.15) is 16.5 Å². The van der Waals surface area contributed by atoms with E-state index in [1.165, 1.54) is 12.1 Å². The summed E-state index contributed by atoms with van der Waals surface area (Å²) < 4.78 is 10.4. The summed E-state index contributed by atoms with van der Waals surface area (Å²) in [6.07, 6.45) is 0.0860. The number of aliphatic hydroxyl groups is 1. The van der Waals surface area contributed by atoms with E-state index < -0.39 is 12.3 Å². The molecule has 3 rings (SSSR count). The van der Waals surface area contributed by atoms with Gasteiger partial charge in [-0.15, -0.1) is 11.6 Å². The number of aromatic nitrogens is 1. The average Bonchev–Trinajstić information content (AvgIpc) is 2.53. The molecule has 1 aromatic carbocycles. The highest BCUT2D eigenvalue weighted by molar-refractivity contribution is 6.29. The van der Waals surface area contributed by atoms with Crippen molar-refractivity contribution < 1.29 is 19.4 Å². The molecule has 0 saturated carbocycles. The van der Waals surface area contributed by atoms with E-state index in [2.05, 4.69) is 4.98 Å². The summed E-state index contributed by atoms with van der Waals surface area (Å²) in [5.41, 5.74) is 1.47. The van der Waals surface area contributed by atoms with E-state index in [0.717, 1.165) is 5.56 Å². The van der Waals surface area contributed by atoms with Crippen LogP contribution in [0, 0.1) is 0 Å². The molecule has 5 nitrogen and oxygen atoms in total. The monoisotopic (exact) mass is 351 g/mol. The molecule has 0 radical (unpaired) electrons. The maximum atomic E-state index is 12.2. The van der Waals surface area contributed by atoms with Crippen LogP contribution >= 0.6 is 23.2 Å². The van der Waals surface area contributed by atoms with Crippen molar-refractivity contribution in [2.24, 2.45) is 0 Å². The minimum atomic E-state index is -1.42. The number of halogens is 2. The first kappa shape index (κ1) is 15.8. The smallest absolute Gasteiger partial charge is 0.347 e. The van der Waals surface area contributed by atoms with Gasteiger partial charge in [0.05, 0.1) is 0 Å². The second-order valence-electron chi connectivity index (χ2n) is 4.76. The quantitative estimate of drug-likeness (QED) is 0.522. The molecule has 1 unspecified atom stereocenters. The average molecular weight is 352 g/mol. The molecule has 0 aliphatic carbocycles. The van der Waals surface area contributed by atoms with Crippen molar-refractivity contribution >= 4 is 35.2 Å². The predicted molar refractivity (Wildman–Crippen MR) is 85.5 cm³/mol. The molecular formula is C16H11Cl2NO4. The van der Waals surface area contributed by atoms with E-state index in [1.807, 2.05) is 0 Å². The van der Waals surface area contributed by atoms with Crippen molar-refractivity contribution in [1.82, 2.24) is 4.98 Å². The van der Waals surface area contributed by atoms with E-state index >= 15 is 0 Å². The van der Waals surface area contributed by atoms with Crippen LogP contribution in [-0.2, 0) is 10.7 Å². The van der Waals surface area contributed by atoms with E-state index in [4.69, 9.17) is 32.7 Å². The lowest BCUT2D eigenvalue weighted by atomic mass is 10.0. The van der Waals surface area contributed by atoms with Crippen LogP contribution in [0.15, 0.2) is 42.0 Å². The zero-order valence-corrected chi connectivity index (χ0v) is 13.2. The van der Waals surface area contributed by atoms with Crippen molar-refractivity contribution in [3.05, 3.63) is 58.3 Å². The Kier molecular flexibility index (Phi) is 4.52. The molecule has 1 aliphatic heterocycles. The number of aliphatic hydroxyl groups excluding tert-OH is 1. The van der Waals surface area contributed by atoms with Gasteiger partial charge in [0.2, 0.25) is 12.2 Å². The maximum absolute atomic E-state index is 12.2. The van der Waals surface area contributed by atoms with Gasteiger partial charge >= 0.3 is 5.97 Å². The van der Waals surface area contributed by atoms with Gasteiger partial charge in [-0.2, -0.15) is 0 Å². The van der Waals surface area contributed by atoms with E-state index in [0.29, 0.717) is 17.2 Å². The molecule has 23 heavy (non-hydrogen) atoms. The molecule has 0 spiro atoms. The lowest BCUT2D eigenvalue weighted by Crippen LogP contribution is -2.29. The number of carbonyl (C=O) groups is 1. The molecule has 7 heteroatoms. The Labute approximate surface area is 142 Å². The second kappa shape index (κ2) is 6.58. The van der Waals surface area contributed by atoms with Gasteiger partial charge in [0.25, 0.3) is 0 Å². The van der Waals surface area contributed by atoms with Crippen LogP contribution in [0.1, 0.15) is 11.1 Å². The summed E-state index contributed by atoms with van der Waals surface area (Å²) in [5, 5.41) is 10.2. The predicted octanol–water partition coefficient (Wildman–Crippen LogP) is 3.17. The number of carbonyl (C=O) groups excluding carboxylic acids is 1. The molecule has 2 aromatic rings. The highest BCUT2D eigenvalue weighted by Crippen LogP contribution is 2.30. The Morgan fingerprint density at radius 2 is 2.17 bits per heavy atom. The van der Waals surface area contributed by atoms with Gasteiger partial charge in [-0.1, -0.05) is 23.7 Å². The fourth-order valence-electron chi connectivity index (χ4n) is 2.08. The van der Waals surface area contributed by atoms with Crippen molar-refractivity contribution in [3.8, 4) is 11.6 Å². The zero-order chi connectivity index (χ0) is 16.4. The third-order valence-electron chi connectivity index (χ3n) is 3.17. The van der Waals surface area contributed by atoms with Crippen molar-refractivity contribution in [3.63, 3.8) is 0 Å². The SMILES string of the molecule is O=C(Oc1cccc(Cl)n1)C1=Cc2cc(CCl)ccc2OC1O. The lowest BCUT2D eigenvalue weighted by molar-refractivity contribution is -0.133. The van der Waals surface area contributed by atoms with E-state index in [1.54, 1.807) is 30.3 Å². The van der Waals surface area contributed by atoms with E-state index in [9.17, 15) is 9.90 Å². The number of nitrogens with zero attached hydrogens (tertiary/aromatic N) is 1. The first-order valence-corrected chi connectivity index (χ1v) is 7.58. The van der Waals surface area contributed by atoms with Crippen LogP contribution in [0.3, 0.4) is 0 Å². The highest BCUT2D eigenvalue weighted by Gasteiger charge is 2.28. The number of rotatable bonds is 3. The van der Waals surface area contributed by atoms with Crippen molar-refractivity contribution in [2.45, 2.75) is 12.2 Å². The van der Waals surface area contributed by atoms with Crippen LogP contribution in [0.5, 0.6) is 11.6 Å². The third-order valence-corrected chi connectivity index (χ3v) is 3.69. The molecular weight excluding hydrogens is 341 g/mol. The zero-order valence-electron chi connectivity index (χ0n) is 11.7. The Balaban J connectivity index is 1.88. The first-order chi connectivity index (χ1) is 11.1. The topological polar surface area (TPSA) is 68.7 Å². The number of hydrogen-bond acceptors (Lipinski definition) is 5. The molecule has 1 atom stereocenters. The third kappa shape index (κ3) is 3.47. The number of pyridine rings is 1.